The fourth-order valence-corrected chi connectivity index (χ4v) is 2.28. The highest BCUT2D eigenvalue weighted by atomic mass is 79.9. The Morgan fingerprint density at radius 3 is 1.52 bits per heavy atom. The maximum atomic E-state index is 3.48. The molecule has 0 nitrogen and oxygen atoms in total. The number of hydrogen-bond donors (Lipinski definition) is 0. The summed E-state index contributed by atoms with van der Waals surface area (Å²) in [5.41, 5.74) is 5.89. The van der Waals surface area contributed by atoms with Crippen molar-refractivity contribution in [3.05, 3.63) is 46.6 Å². The third kappa shape index (κ3) is 14.2. The second kappa shape index (κ2) is 13.1. The van der Waals surface area contributed by atoms with Gasteiger partial charge >= 0.3 is 0 Å². The molecular formula is C20H33Br. The van der Waals surface area contributed by atoms with Crippen LogP contribution in [0.5, 0.6) is 0 Å². The van der Waals surface area contributed by atoms with Crippen molar-refractivity contribution in [1.29, 1.82) is 0 Å². The van der Waals surface area contributed by atoms with Crippen molar-refractivity contribution < 1.29 is 0 Å². The highest BCUT2D eigenvalue weighted by molar-refractivity contribution is 9.09. The Kier molecular flexibility index (Phi) is 12.8. The van der Waals surface area contributed by atoms with Crippen molar-refractivity contribution in [2.45, 2.75) is 73.1 Å². The fraction of sp³-hybridized carbons (Fsp3) is 0.600. The molecule has 0 rings (SSSR count). The minimum atomic E-state index is 0.993. The molecule has 0 aromatic rings. The summed E-state index contributed by atoms with van der Waals surface area (Å²) in [6.07, 6.45) is 16.5. The average molecular weight is 353 g/mol. The maximum absolute atomic E-state index is 3.48. The molecule has 0 saturated carbocycles. The van der Waals surface area contributed by atoms with Crippen LogP contribution in [0.25, 0.3) is 0 Å². The molecule has 0 aromatic carbocycles. The Balaban J connectivity index is 3.91. The van der Waals surface area contributed by atoms with Gasteiger partial charge in [-0.1, -0.05) is 62.5 Å². The molecule has 120 valence electrons. The summed E-state index contributed by atoms with van der Waals surface area (Å²) in [6, 6.07) is 0. The predicted molar refractivity (Wildman–Crippen MR) is 102 cm³/mol. The lowest BCUT2D eigenvalue weighted by molar-refractivity contribution is 0.907. The number of hydrogen-bond acceptors (Lipinski definition) is 0. The Hall–Kier alpha value is -0.560. The quantitative estimate of drug-likeness (QED) is 0.216. The molecule has 21 heavy (non-hydrogen) atoms. The fourth-order valence-electron chi connectivity index (χ4n) is 2.05. The van der Waals surface area contributed by atoms with Crippen LogP contribution in [0.2, 0.25) is 0 Å². The molecule has 0 amide bonds. The van der Waals surface area contributed by atoms with Crippen LogP contribution in [0.1, 0.15) is 73.1 Å². The lowest BCUT2D eigenvalue weighted by atomic mass is 10.1. The Morgan fingerprint density at radius 1 is 0.619 bits per heavy atom. The van der Waals surface area contributed by atoms with Crippen molar-refractivity contribution >= 4 is 15.9 Å². The molecule has 0 fully saturated rings. The zero-order chi connectivity index (χ0) is 16.1. The summed E-state index contributed by atoms with van der Waals surface area (Å²) in [5, 5.41) is 0.993. The van der Waals surface area contributed by atoms with Crippen LogP contribution in [-0.2, 0) is 0 Å². The van der Waals surface area contributed by atoms with Crippen molar-refractivity contribution in [2.24, 2.45) is 0 Å². The molecule has 0 heterocycles. The van der Waals surface area contributed by atoms with Crippen molar-refractivity contribution in [1.82, 2.24) is 0 Å². The largest absolute Gasteiger partial charge is 0.0880 e. The summed E-state index contributed by atoms with van der Waals surface area (Å²) in [7, 11) is 0. The molecule has 0 spiro atoms. The van der Waals surface area contributed by atoms with Gasteiger partial charge in [0.05, 0.1) is 0 Å². The van der Waals surface area contributed by atoms with Crippen LogP contribution >= 0.6 is 15.9 Å². The molecule has 0 atom stereocenters. The van der Waals surface area contributed by atoms with Gasteiger partial charge in [-0.05, 0) is 73.1 Å². The van der Waals surface area contributed by atoms with Gasteiger partial charge in [-0.3, -0.25) is 0 Å². The van der Waals surface area contributed by atoms with Gasteiger partial charge in [0.25, 0.3) is 0 Å². The van der Waals surface area contributed by atoms with Gasteiger partial charge in [0.15, 0.2) is 0 Å². The molecule has 0 N–H and O–H groups in total. The highest BCUT2D eigenvalue weighted by Gasteiger charge is 1.92. The first-order valence-corrected chi connectivity index (χ1v) is 9.24. The summed E-state index contributed by atoms with van der Waals surface area (Å²) in [6.45, 7) is 11.0. The van der Waals surface area contributed by atoms with Crippen LogP contribution in [-0.4, -0.2) is 5.33 Å². The number of unbranched alkanes of at least 4 members (excludes halogenated alkanes) is 1. The van der Waals surface area contributed by atoms with E-state index in [1.807, 2.05) is 0 Å². The monoisotopic (exact) mass is 352 g/mol. The Labute approximate surface area is 141 Å². The number of alkyl halides is 1. The maximum Gasteiger partial charge on any atom is 0.0239 e. The van der Waals surface area contributed by atoms with Gasteiger partial charge in [-0.25, -0.2) is 0 Å². The number of rotatable bonds is 10. The minimum absolute atomic E-state index is 0.993. The molecule has 0 unspecified atom stereocenters. The Bertz CT molecular complexity index is 390. The molecule has 0 saturated heterocycles. The van der Waals surface area contributed by atoms with Crippen LogP contribution in [0.3, 0.4) is 0 Å². The van der Waals surface area contributed by atoms with Crippen molar-refractivity contribution in [2.75, 3.05) is 5.33 Å². The van der Waals surface area contributed by atoms with E-state index in [9.17, 15) is 0 Å². The summed E-state index contributed by atoms with van der Waals surface area (Å²) >= 11 is 3.48. The third-order valence-electron chi connectivity index (χ3n) is 3.49. The Morgan fingerprint density at radius 2 is 1.05 bits per heavy atom. The topological polar surface area (TPSA) is 0 Å². The van der Waals surface area contributed by atoms with E-state index in [4.69, 9.17) is 0 Å². The van der Waals surface area contributed by atoms with E-state index in [0.717, 1.165) is 11.8 Å². The third-order valence-corrected chi connectivity index (χ3v) is 4.37. The molecule has 0 aliphatic rings. The van der Waals surface area contributed by atoms with Gasteiger partial charge in [0, 0.05) is 5.33 Å². The molecule has 0 aliphatic heterocycles. The van der Waals surface area contributed by atoms with E-state index in [1.165, 1.54) is 54.4 Å². The first-order valence-electron chi connectivity index (χ1n) is 8.12. The molecule has 0 aromatic heterocycles. The second-order valence-electron chi connectivity index (χ2n) is 6.22. The summed E-state index contributed by atoms with van der Waals surface area (Å²) < 4.78 is 0. The first-order chi connectivity index (χ1) is 9.95. The van der Waals surface area contributed by atoms with Crippen molar-refractivity contribution in [3.8, 4) is 0 Å². The smallest absolute Gasteiger partial charge is 0.0239 e. The molecule has 0 aliphatic carbocycles. The predicted octanol–water partition coefficient (Wildman–Crippen LogP) is 7.53. The van der Waals surface area contributed by atoms with Gasteiger partial charge in [0.1, 0.15) is 0 Å². The number of halogens is 1. The molecule has 1 heteroatoms. The highest BCUT2D eigenvalue weighted by Crippen LogP contribution is 2.12. The zero-order valence-corrected chi connectivity index (χ0v) is 16.2. The van der Waals surface area contributed by atoms with E-state index < -0.39 is 0 Å². The molecule has 0 bridgehead atoms. The van der Waals surface area contributed by atoms with Crippen LogP contribution < -0.4 is 0 Å². The van der Waals surface area contributed by atoms with E-state index in [-0.39, 0.29) is 0 Å². The standard InChI is InChI=1S/C20H33Br/c1-17(2)10-8-13-19(4)15-9-14-18(3)11-6-7-12-20(5)16-21/h10-12,15H,6-9,13-14,16H2,1-5H3/b18-11+,19-15+,20-12+. The summed E-state index contributed by atoms with van der Waals surface area (Å²) in [4.78, 5) is 0. The van der Waals surface area contributed by atoms with Crippen molar-refractivity contribution in [3.63, 3.8) is 0 Å². The number of allylic oxidation sites excluding steroid dienone is 8. The molecular weight excluding hydrogens is 320 g/mol. The summed E-state index contributed by atoms with van der Waals surface area (Å²) in [5.74, 6) is 0. The average Bonchev–Trinajstić information content (AvgIpc) is 2.42. The van der Waals surface area contributed by atoms with Crippen LogP contribution in [0.4, 0.5) is 0 Å². The van der Waals surface area contributed by atoms with Gasteiger partial charge < -0.3 is 0 Å². The van der Waals surface area contributed by atoms with Gasteiger partial charge in [-0.15, -0.1) is 0 Å². The SMILES string of the molecule is CC(C)=CCC/C(C)=C/CC/C(C)=C/CC/C=C(\C)CBr. The zero-order valence-electron chi connectivity index (χ0n) is 14.6. The minimum Gasteiger partial charge on any atom is -0.0880 e. The normalized spacial score (nSPS) is 13.5. The lowest BCUT2D eigenvalue weighted by Crippen LogP contribution is -1.81. The lowest BCUT2D eigenvalue weighted by Gasteiger charge is -2.01. The van der Waals surface area contributed by atoms with E-state index in [0.29, 0.717) is 0 Å². The van der Waals surface area contributed by atoms with E-state index >= 15 is 0 Å². The van der Waals surface area contributed by atoms with E-state index in [2.05, 4.69) is 74.9 Å². The molecule has 0 radical (unpaired) electrons. The van der Waals surface area contributed by atoms with Gasteiger partial charge in [0.2, 0.25) is 0 Å². The van der Waals surface area contributed by atoms with Crippen LogP contribution in [0, 0.1) is 0 Å². The van der Waals surface area contributed by atoms with Crippen LogP contribution in [0.15, 0.2) is 46.6 Å². The van der Waals surface area contributed by atoms with Gasteiger partial charge in [-0.2, -0.15) is 0 Å². The second-order valence-corrected chi connectivity index (χ2v) is 6.78. The van der Waals surface area contributed by atoms with E-state index in [1.54, 1.807) is 0 Å². The first kappa shape index (κ1) is 20.4.